The summed E-state index contributed by atoms with van der Waals surface area (Å²) in [5.41, 5.74) is -0.553. The van der Waals surface area contributed by atoms with Crippen LogP contribution in [0.25, 0.3) is 4.85 Å². The van der Waals surface area contributed by atoms with Crippen molar-refractivity contribution in [3.63, 3.8) is 0 Å². The fraction of sp³-hybridized carbons (Fsp3) is 0.474. The number of rotatable bonds is 5. The minimum Gasteiger partial charge on any atom is -0.444 e. The Bertz CT molecular complexity index is 761. The second kappa shape index (κ2) is 6.94. The van der Waals surface area contributed by atoms with Crippen molar-refractivity contribution in [2.75, 3.05) is 13.1 Å². The van der Waals surface area contributed by atoms with Crippen molar-refractivity contribution in [1.29, 1.82) is 5.26 Å². The lowest BCUT2D eigenvalue weighted by Crippen LogP contribution is -2.48. The van der Waals surface area contributed by atoms with Crippen molar-refractivity contribution >= 4 is 11.9 Å². The molecule has 0 N–H and O–H groups in total. The first kappa shape index (κ1) is 18.5. The Labute approximate surface area is 147 Å². The molecule has 0 radical (unpaired) electrons. The quantitative estimate of drug-likeness (QED) is 0.608. The third kappa shape index (κ3) is 4.58. The smallest absolute Gasteiger partial charge is 0.411 e. The number of nitrogens with zero attached hydrogens (tertiary/aromatic N) is 3. The molecular weight excluding hydrogens is 318 g/mol. The van der Waals surface area contributed by atoms with Gasteiger partial charge >= 0.3 is 6.09 Å². The van der Waals surface area contributed by atoms with E-state index in [1.165, 1.54) is 11.0 Å². The van der Waals surface area contributed by atoms with Gasteiger partial charge < -0.3 is 9.58 Å². The molecule has 0 unspecified atom stereocenters. The standard InChI is InChI=1S/C19H21N3O3/c1-18(2,3)25-17(24)22(19(8-9-19)13-21-4)12-16(23)15-7-5-6-14(10-15)11-20/h5-7,10H,8-9,12-13H2,1-3H3. The Balaban J connectivity index is 2.24. The van der Waals surface area contributed by atoms with Crippen LogP contribution < -0.4 is 0 Å². The summed E-state index contributed by atoms with van der Waals surface area (Å²) in [6.45, 7) is 12.4. The number of ether oxygens (including phenoxy) is 1. The molecule has 1 aliphatic rings. The van der Waals surface area contributed by atoms with Crippen LogP contribution >= 0.6 is 0 Å². The Morgan fingerprint density at radius 2 is 2.08 bits per heavy atom. The molecule has 0 spiro atoms. The van der Waals surface area contributed by atoms with Gasteiger partial charge in [-0.3, -0.25) is 9.69 Å². The first-order valence-corrected chi connectivity index (χ1v) is 8.08. The van der Waals surface area contributed by atoms with Gasteiger partial charge in [-0.25, -0.2) is 11.4 Å². The fourth-order valence-electron chi connectivity index (χ4n) is 2.54. The van der Waals surface area contributed by atoms with Crippen LogP contribution in [-0.2, 0) is 4.74 Å². The Morgan fingerprint density at radius 3 is 2.60 bits per heavy atom. The largest absolute Gasteiger partial charge is 0.444 e. The molecule has 1 amide bonds. The molecule has 0 aliphatic heterocycles. The van der Waals surface area contributed by atoms with Gasteiger partial charge in [-0.2, -0.15) is 5.26 Å². The van der Waals surface area contributed by atoms with Crippen LogP contribution in [0, 0.1) is 17.9 Å². The zero-order valence-electron chi connectivity index (χ0n) is 14.7. The lowest BCUT2D eigenvalue weighted by atomic mass is 10.1. The number of amides is 1. The lowest BCUT2D eigenvalue weighted by molar-refractivity contribution is 0.0147. The highest BCUT2D eigenvalue weighted by atomic mass is 16.6. The predicted molar refractivity (Wildman–Crippen MR) is 91.9 cm³/mol. The van der Waals surface area contributed by atoms with Gasteiger partial charge in [-0.15, -0.1) is 0 Å². The highest BCUT2D eigenvalue weighted by Crippen LogP contribution is 2.43. The molecule has 0 atom stereocenters. The molecule has 6 nitrogen and oxygen atoms in total. The first-order valence-electron chi connectivity index (χ1n) is 8.08. The molecule has 1 aliphatic carbocycles. The van der Waals surface area contributed by atoms with Crippen LogP contribution in [-0.4, -0.2) is 41.0 Å². The zero-order valence-corrected chi connectivity index (χ0v) is 14.7. The third-order valence-corrected chi connectivity index (χ3v) is 4.00. The maximum atomic E-state index is 12.6. The number of carbonyl (C=O) groups excluding carboxylic acids is 2. The fourth-order valence-corrected chi connectivity index (χ4v) is 2.54. The molecule has 25 heavy (non-hydrogen) atoms. The number of carbonyl (C=O) groups is 2. The van der Waals surface area contributed by atoms with Gasteiger partial charge in [0.25, 0.3) is 0 Å². The number of nitriles is 1. The second-order valence-electron chi connectivity index (χ2n) is 7.22. The van der Waals surface area contributed by atoms with Crippen LogP contribution in [0.2, 0.25) is 0 Å². The van der Waals surface area contributed by atoms with E-state index in [0.29, 0.717) is 24.0 Å². The van der Waals surface area contributed by atoms with Gasteiger partial charge in [0.05, 0.1) is 18.2 Å². The van der Waals surface area contributed by atoms with Crippen LogP contribution in [0.5, 0.6) is 0 Å². The zero-order chi connectivity index (χ0) is 18.7. The van der Waals surface area contributed by atoms with Gasteiger partial charge in [0, 0.05) is 5.56 Å². The monoisotopic (exact) mass is 339 g/mol. The number of ketones is 1. The summed E-state index contributed by atoms with van der Waals surface area (Å²) in [5, 5.41) is 8.97. The number of hydrogen-bond acceptors (Lipinski definition) is 4. The van der Waals surface area contributed by atoms with E-state index in [1.807, 2.05) is 6.07 Å². The summed E-state index contributed by atoms with van der Waals surface area (Å²) in [6, 6.07) is 8.36. The van der Waals surface area contributed by atoms with E-state index in [-0.39, 0.29) is 18.9 Å². The molecule has 1 saturated carbocycles. The summed E-state index contributed by atoms with van der Waals surface area (Å²) in [5.74, 6) is -0.279. The summed E-state index contributed by atoms with van der Waals surface area (Å²) >= 11 is 0. The third-order valence-electron chi connectivity index (χ3n) is 4.00. The SMILES string of the molecule is [C-]#[N+]CC1(N(CC(=O)c2cccc(C#N)c2)C(=O)OC(C)(C)C)CC1. The molecule has 0 bridgehead atoms. The molecule has 1 aromatic carbocycles. The van der Waals surface area contributed by atoms with Gasteiger partial charge in [0.2, 0.25) is 6.54 Å². The molecular formula is C19H21N3O3. The van der Waals surface area contributed by atoms with E-state index in [1.54, 1.807) is 39.0 Å². The maximum Gasteiger partial charge on any atom is 0.411 e. The van der Waals surface area contributed by atoms with Crippen LogP contribution in [0.15, 0.2) is 24.3 Å². The van der Waals surface area contributed by atoms with E-state index < -0.39 is 17.2 Å². The molecule has 0 heterocycles. The van der Waals surface area contributed by atoms with E-state index >= 15 is 0 Å². The average molecular weight is 339 g/mol. The van der Waals surface area contributed by atoms with Crippen molar-refractivity contribution in [2.24, 2.45) is 0 Å². The number of hydrogen-bond donors (Lipinski definition) is 0. The van der Waals surface area contributed by atoms with Crippen LogP contribution in [0.1, 0.15) is 49.5 Å². The van der Waals surface area contributed by atoms with Crippen molar-refractivity contribution in [3.05, 3.63) is 46.8 Å². The van der Waals surface area contributed by atoms with Crippen molar-refractivity contribution < 1.29 is 14.3 Å². The summed E-state index contributed by atoms with van der Waals surface area (Å²) in [6.07, 6.45) is 0.777. The Morgan fingerprint density at radius 1 is 1.40 bits per heavy atom. The Kier molecular flexibility index (Phi) is 5.13. The van der Waals surface area contributed by atoms with Crippen molar-refractivity contribution in [1.82, 2.24) is 4.90 Å². The molecule has 130 valence electrons. The van der Waals surface area contributed by atoms with Gasteiger partial charge in [0.15, 0.2) is 5.78 Å². The maximum absolute atomic E-state index is 12.6. The van der Waals surface area contributed by atoms with E-state index in [2.05, 4.69) is 4.85 Å². The lowest BCUT2D eigenvalue weighted by Gasteiger charge is -2.31. The summed E-state index contributed by atoms with van der Waals surface area (Å²) in [7, 11) is 0. The van der Waals surface area contributed by atoms with Gasteiger partial charge in [-0.1, -0.05) is 12.1 Å². The van der Waals surface area contributed by atoms with Crippen LogP contribution in [0.3, 0.4) is 0 Å². The van der Waals surface area contributed by atoms with E-state index in [4.69, 9.17) is 16.6 Å². The minimum atomic E-state index is -0.687. The van der Waals surface area contributed by atoms with E-state index in [0.717, 1.165) is 0 Å². The van der Waals surface area contributed by atoms with Gasteiger partial charge in [0.1, 0.15) is 11.1 Å². The first-order chi connectivity index (χ1) is 11.7. The minimum absolute atomic E-state index is 0.151. The van der Waals surface area contributed by atoms with Crippen LogP contribution in [0.4, 0.5) is 4.79 Å². The topological polar surface area (TPSA) is 74.8 Å². The van der Waals surface area contributed by atoms with Crippen molar-refractivity contribution in [2.45, 2.75) is 44.8 Å². The predicted octanol–water partition coefficient (Wildman–Crippen LogP) is 3.43. The number of Topliss-reactive ketones (excluding diaryl/α,β-unsaturated/α-hetero) is 1. The number of benzene rings is 1. The van der Waals surface area contributed by atoms with Crippen molar-refractivity contribution in [3.8, 4) is 6.07 Å². The molecule has 0 saturated heterocycles. The molecule has 0 aromatic heterocycles. The molecule has 2 rings (SSSR count). The van der Waals surface area contributed by atoms with Gasteiger partial charge in [-0.05, 0) is 45.7 Å². The second-order valence-corrected chi connectivity index (χ2v) is 7.22. The highest BCUT2D eigenvalue weighted by molar-refractivity contribution is 5.99. The molecule has 1 fully saturated rings. The Hall–Kier alpha value is -2.86. The summed E-state index contributed by atoms with van der Waals surface area (Å²) < 4.78 is 5.43. The van der Waals surface area contributed by atoms with E-state index in [9.17, 15) is 9.59 Å². The summed E-state index contributed by atoms with van der Waals surface area (Å²) in [4.78, 5) is 30.1. The molecule has 1 aromatic rings. The highest BCUT2D eigenvalue weighted by Gasteiger charge is 2.55. The molecule has 6 heteroatoms. The normalized spacial score (nSPS) is 14.8. The average Bonchev–Trinajstić information content (AvgIpc) is 3.31.